The van der Waals surface area contributed by atoms with Crippen LogP contribution in [0.25, 0.3) is 11.3 Å². The topological polar surface area (TPSA) is 52.7 Å². The predicted octanol–water partition coefficient (Wildman–Crippen LogP) is 3.78. The maximum atomic E-state index is 4.26. The Hall–Kier alpha value is -1.65. The van der Waals surface area contributed by atoms with Gasteiger partial charge in [-0.1, -0.05) is 29.8 Å². The summed E-state index contributed by atoms with van der Waals surface area (Å²) in [6.07, 6.45) is 4.21. The highest BCUT2D eigenvalue weighted by Crippen LogP contribution is 2.29. The summed E-state index contributed by atoms with van der Waals surface area (Å²) in [5, 5.41) is 14.9. The number of rotatable bonds is 4. The molecule has 1 aromatic heterocycles. The predicted molar refractivity (Wildman–Crippen MR) is 99.9 cm³/mol. The lowest BCUT2D eigenvalue weighted by atomic mass is 9.79. The van der Waals surface area contributed by atoms with Gasteiger partial charge in [-0.25, -0.2) is 0 Å². The Kier molecular flexibility index (Phi) is 4.54. The molecule has 3 rings (SSSR count). The van der Waals surface area contributed by atoms with Crippen molar-refractivity contribution in [2.24, 2.45) is 0 Å². The van der Waals surface area contributed by atoms with Gasteiger partial charge in [0, 0.05) is 29.2 Å². The first-order chi connectivity index (χ1) is 11.2. The van der Waals surface area contributed by atoms with Gasteiger partial charge in [0.05, 0.1) is 11.9 Å². The van der Waals surface area contributed by atoms with E-state index >= 15 is 0 Å². The molecule has 2 aromatic rings. The van der Waals surface area contributed by atoms with E-state index in [1.807, 2.05) is 6.20 Å². The SMILES string of the molecule is Cc1ccc(-c2[nH]ncc2CNC2CC(C)(C)NC(C)(C)C2)cc1. The number of aromatic amines is 1. The fourth-order valence-corrected chi connectivity index (χ4v) is 4.14. The lowest BCUT2D eigenvalue weighted by molar-refractivity contribution is 0.145. The van der Waals surface area contributed by atoms with Crippen molar-refractivity contribution in [1.29, 1.82) is 0 Å². The van der Waals surface area contributed by atoms with Gasteiger partial charge >= 0.3 is 0 Å². The van der Waals surface area contributed by atoms with Gasteiger partial charge in [0.15, 0.2) is 0 Å². The highest BCUT2D eigenvalue weighted by molar-refractivity contribution is 5.62. The molecule has 1 aliphatic heterocycles. The second-order valence-corrected chi connectivity index (χ2v) is 8.52. The third kappa shape index (κ3) is 4.05. The van der Waals surface area contributed by atoms with Crippen molar-refractivity contribution in [1.82, 2.24) is 20.8 Å². The third-order valence-electron chi connectivity index (χ3n) is 4.83. The molecule has 1 fully saturated rings. The van der Waals surface area contributed by atoms with Crippen molar-refractivity contribution in [3.8, 4) is 11.3 Å². The van der Waals surface area contributed by atoms with Crippen LogP contribution in [0.3, 0.4) is 0 Å². The summed E-state index contributed by atoms with van der Waals surface area (Å²) in [5.41, 5.74) is 5.14. The number of nitrogens with zero attached hydrogens (tertiary/aromatic N) is 1. The molecule has 2 heterocycles. The van der Waals surface area contributed by atoms with Gasteiger partial charge in [-0.15, -0.1) is 0 Å². The second-order valence-electron chi connectivity index (χ2n) is 8.52. The molecule has 0 bridgehead atoms. The van der Waals surface area contributed by atoms with Crippen molar-refractivity contribution >= 4 is 0 Å². The van der Waals surface area contributed by atoms with Gasteiger partial charge in [0.1, 0.15) is 0 Å². The summed E-state index contributed by atoms with van der Waals surface area (Å²) in [6, 6.07) is 9.11. The first-order valence-corrected chi connectivity index (χ1v) is 8.86. The number of hydrogen-bond acceptors (Lipinski definition) is 3. The third-order valence-corrected chi connectivity index (χ3v) is 4.83. The molecule has 0 radical (unpaired) electrons. The molecule has 3 N–H and O–H groups in total. The summed E-state index contributed by atoms with van der Waals surface area (Å²) >= 11 is 0. The summed E-state index contributed by atoms with van der Waals surface area (Å²) < 4.78 is 0. The van der Waals surface area contributed by atoms with Crippen LogP contribution in [0.15, 0.2) is 30.5 Å². The quantitative estimate of drug-likeness (QED) is 0.801. The maximum Gasteiger partial charge on any atom is 0.0695 e. The van der Waals surface area contributed by atoms with Gasteiger partial charge in [-0.05, 0) is 53.0 Å². The first kappa shape index (κ1) is 17.2. The number of aryl methyl sites for hydroxylation is 1. The normalized spacial score (nSPS) is 20.2. The van der Waals surface area contributed by atoms with Gasteiger partial charge < -0.3 is 10.6 Å². The molecule has 0 unspecified atom stereocenters. The van der Waals surface area contributed by atoms with Crippen molar-refractivity contribution in [3.63, 3.8) is 0 Å². The van der Waals surface area contributed by atoms with Gasteiger partial charge in [0.2, 0.25) is 0 Å². The number of H-pyrrole nitrogens is 1. The van der Waals surface area contributed by atoms with Crippen molar-refractivity contribution < 1.29 is 0 Å². The Bertz CT molecular complexity index is 666. The molecule has 4 heteroatoms. The monoisotopic (exact) mass is 326 g/mol. The second kappa shape index (κ2) is 6.34. The van der Waals surface area contributed by atoms with Gasteiger partial charge in [-0.3, -0.25) is 5.10 Å². The average Bonchev–Trinajstić information content (AvgIpc) is 2.91. The van der Waals surface area contributed by atoms with E-state index in [-0.39, 0.29) is 11.1 Å². The Morgan fingerprint density at radius 1 is 1.08 bits per heavy atom. The van der Waals surface area contributed by atoms with E-state index in [2.05, 4.69) is 79.7 Å². The summed E-state index contributed by atoms with van der Waals surface area (Å²) in [5.74, 6) is 0. The van der Waals surface area contributed by atoms with E-state index in [9.17, 15) is 0 Å². The minimum Gasteiger partial charge on any atom is -0.310 e. The molecular weight excluding hydrogens is 296 g/mol. The van der Waals surface area contributed by atoms with E-state index in [1.54, 1.807) is 0 Å². The fraction of sp³-hybridized carbons (Fsp3) is 0.550. The molecule has 4 nitrogen and oxygen atoms in total. The summed E-state index contributed by atoms with van der Waals surface area (Å²) in [7, 11) is 0. The van der Waals surface area contributed by atoms with Crippen LogP contribution < -0.4 is 10.6 Å². The molecule has 0 saturated carbocycles. The Balaban J connectivity index is 1.70. The van der Waals surface area contributed by atoms with Crippen LogP contribution >= 0.6 is 0 Å². The largest absolute Gasteiger partial charge is 0.310 e. The molecular formula is C20H30N4. The average molecular weight is 326 g/mol. The lowest BCUT2D eigenvalue weighted by Crippen LogP contribution is -2.61. The fourth-order valence-electron chi connectivity index (χ4n) is 4.14. The molecule has 1 aromatic carbocycles. The van der Waals surface area contributed by atoms with E-state index in [4.69, 9.17) is 0 Å². The first-order valence-electron chi connectivity index (χ1n) is 8.86. The van der Waals surface area contributed by atoms with Crippen LogP contribution in [0.2, 0.25) is 0 Å². The zero-order valence-electron chi connectivity index (χ0n) is 15.5. The summed E-state index contributed by atoms with van der Waals surface area (Å²) in [6.45, 7) is 12.1. The molecule has 0 spiro atoms. The number of benzene rings is 1. The molecule has 0 aliphatic carbocycles. The standard InChI is InChI=1S/C20H30N4/c1-14-6-8-15(9-7-14)18-16(13-22-23-18)12-21-17-10-19(2,3)24-20(4,5)11-17/h6-9,13,17,21,24H,10-12H2,1-5H3,(H,22,23). The van der Waals surface area contributed by atoms with Crippen molar-refractivity contribution in [3.05, 3.63) is 41.6 Å². The minimum atomic E-state index is 0.162. The molecule has 130 valence electrons. The Morgan fingerprint density at radius 3 is 2.33 bits per heavy atom. The number of hydrogen-bond donors (Lipinski definition) is 3. The molecule has 0 atom stereocenters. The van der Waals surface area contributed by atoms with Gasteiger partial charge in [0.25, 0.3) is 0 Å². The van der Waals surface area contributed by atoms with E-state index in [1.165, 1.54) is 16.7 Å². The van der Waals surface area contributed by atoms with E-state index in [0.29, 0.717) is 6.04 Å². The molecule has 1 saturated heterocycles. The van der Waals surface area contributed by atoms with Crippen LogP contribution in [0.5, 0.6) is 0 Å². The smallest absolute Gasteiger partial charge is 0.0695 e. The van der Waals surface area contributed by atoms with E-state index in [0.717, 1.165) is 25.1 Å². The highest BCUT2D eigenvalue weighted by Gasteiger charge is 2.37. The maximum absolute atomic E-state index is 4.26. The van der Waals surface area contributed by atoms with Crippen molar-refractivity contribution in [2.75, 3.05) is 0 Å². The number of nitrogens with one attached hydrogen (secondary N) is 3. The molecule has 0 amide bonds. The van der Waals surface area contributed by atoms with Crippen LogP contribution in [-0.4, -0.2) is 27.3 Å². The molecule has 1 aliphatic rings. The van der Waals surface area contributed by atoms with Gasteiger partial charge in [-0.2, -0.15) is 5.10 Å². The van der Waals surface area contributed by atoms with Crippen LogP contribution in [-0.2, 0) is 6.54 Å². The lowest BCUT2D eigenvalue weighted by Gasteiger charge is -2.46. The van der Waals surface area contributed by atoms with Crippen LogP contribution in [0.1, 0.15) is 51.7 Å². The van der Waals surface area contributed by atoms with E-state index < -0.39 is 0 Å². The summed E-state index contributed by atoms with van der Waals surface area (Å²) in [4.78, 5) is 0. The van der Waals surface area contributed by atoms with Crippen LogP contribution in [0.4, 0.5) is 0 Å². The number of piperidine rings is 1. The highest BCUT2D eigenvalue weighted by atomic mass is 15.1. The zero-order valence-corrected chi connectivity index (χ0v) is 15.5. The minimum absolute atomic E-state index is 0.162. The zero-order chi connectivity index (χ0) is 17.4. The molecule has 24 heavy (non-hydrogen) atoms. The van der Waals surface area contributed by atoms with Crippen LogP contribution in [0, 0.1) is 6.92 Å². The number of aromatic nitrogens is 2. The Labute approximate surface area is 145 Å². The Morgan fingerprint density at radius 2 is 1.71 bits per heavy atom. The van der Waals surface area contributed by atoms with Crippen molar-refractivity contribution in [2.45, 2.75) is 71.1 Å².